The fraction of sp³-hybridized carbons (Fsp3) is 0.200. The summed E-state index contributed by atoms with van der Waals surface area (Å²) in [5, 5.41) is 19.5. The summed E-state index contributed by atoms with van der Waals surface area (Å²) < 4.78 is 12.0. The summed E-state index contributed by atoms with van der Waals surface area (Å²) >= 11 is 0. The number of nitrogen functional groups attached to an aromatic ring is 1. The van der Waals surface area contributed by atoms with Crippen molar-refractivity contribution in [1.29, 1.82) is 5.41 Å². The second-order valence-corrected chi connectivity index (χ2v) is 7.81. The maximum absolute atomic E-state index is 12.7. The van der Waals surface area contributed by atoms with Gasteiger partial charge in [-0.05, 0) is 35.7 Å². The Balaban J connectivity index is 0.000000886. The molecule has 2 aromatic heterocycles. The summed E-state index contributed by atoms with van der Waals surface area (Å²) in [6.45, 7) is 1.08. The Morgan fingerprint density at radius 1 is 1.11 bits per heavy atom. The van der Waals surface area contributed by atoms with Crippen molar-refractivity contribution in [3.63, 3.8) is 0 Å². The van der Waals surface area contributed by atoms with Gasteiger partial charge in [-0.2, -0.15) is 0 Å². The number of nitrogens with one attached hydrogen (secondary N) is 2. The molecule has 1 unspecified atom stereocenters. The van der Waals surface area contributed by atoms with Gasteiger partial charge >= 0.3 is 5.69 Å². The number of H-pyrrole nitrogens is 1. The number of ether oxygens (including phenoxy) is 2. The largest absolute Gasteiger partial charge is 0.497 e. The van der Waals surface area contributed by atoms with Gasteiger partial charge in [-0.25, -0.2) is 14.8 Å². The molecule has 0 amide bonds. The third-order valence-electron chi connectivity index (χ3n) is 5.19. The van der Waals surface area contributed by atoms with E-state index >= 15 is 0 Å². The fourth-order valence-electron chi connectivity index (χ4n) is 3.49. The summed E-state index contributed by atoms with van der Waals surface area (Å²) in [6.07, 6.45) is 3.60. The number of aliphatic carboxylic acids is 1. The third kappa shape index (κ3) is 7.01. The van der Waals surface area contributed by atoms with E-state index < -0.39 is 11.7 Å². The minimum Gasteiger partial charge on any atom is -0.497 e. The van der Waals surface area contributed by atoms with Crippen LogP contribution in [-0.2, 0) is 11.2 Å². The second kappa shape index (κ2) is 12.1. The Kier molecular flexibility index (Phi) is 8.71. The van der Waals surface area contributed by atoms with E-state index in [1.165, 1.54) is 0 Å². The van der Waals surface area contributed by atoms with E-state index in [1.54, 1.807) is 50.9 Å². The van der Waals surface area contributed by atoms with Gasteiger partial charge in [0.25, 0.3) is 11.9 Å². The van der Waals surface area contributed by atoms with Gasteiger partial charge in [0, 0.05) is 36.9 Å². The van der Waals surface area contributed by atoms with Gasteiger partial charge in [-0.1, -0.05) is 24.3 Å². The van der Waals surface area contributed by atoms with E-state index in [2.05, 4.69) is 20.1 Å². The Morgan fingerprint density at radius 3 is 2.19 bits per heavy atom. The highest BCUT2D eigenvalue weighted by Gasteiger charge is 2.23. The number of nitrogens with zero attached hydrogens (tertiary/aromatic N) is 4. The van der Waals surface area contributed by atoms with Crippen molar-refractivity contribution >= 4 is 11.8 Å². The number of methoxy groups -OCH3 is 2. The first-order valence-corrected chi connectivity index (χ1v) is 11.0. The van der Waals surface area contributed by atoms with Crippen LogP contribution in [0.5, 0.6) is 11.5 Å². The third-order valence-corrected chi connectivity index (χ3v) is 5.19. The molecule has 12 nitrogen and oxygen atoms in total. The Morgan fingerprint density at radius 2 is 1.68 bits per heavy atom. The molecule has 0 saturated carbocycles. The molecule has 2 heterocycles. The molecule has 0 radical (unpaired) electrons. The fourth-order valence-corrected chi connectivity index (χ4v) is 3.49. The molecule has 0 fully saturated rings. The number of carboxylic acids is 1. The van der Waals surface area contributed by atoms with Gasteiger partial charge < -0.3 is 20.3 Å². The number of amidine groups is 1. The molecule has 4 aromatic rings. The van der Waals surface area contributed by atoms with Crippen molar-refractivity contribution in [3.8, 4) is 17.4 Å². The van der Waals surface area contributed by atoms with Crippen LogP contribution in [0.4, 0.5) is 0 Å². The van der Waals surface area contributed by atoms with E-state index in [1.807, 2.05) is 24.3 Å². The molecule has 4 rings (SSSR count). The van der Waals surface area contributed by atoms with E-state index in [4.69, 9.17) is 30.5 Å². The number of rotatable bonds is 8. The van der Waals surface area contributed by atoms with Crippen LogP contribution < -0.4 is 20.9 Å². The minimum absolute atomic E-state index is 0.00145. The van der Waals surface area contributed by atoms with Crippen molar-refractivity contribution in [2.24, 2.45) is 5.73 Å². The van der Waals surface area contributed by atoms with Gasteiger partial charge in [0.1, 0.15) is 23.2 Å². The Bertz CT molecular complexity index is 1390. The summed E-state index contributed by atoms with van der Waals surface area (Å²) in [7, 11) is 3.16. The number of nitrogens with two attached hydrogens (primary N) is 1. The highest BCUT2D eigenvalue weighted by molar-refractivity contribution is 5.94. The molecule has 5 N–H and O–H groups in total. The van der Waals surface area contributed by atoms with Crippen LogP contribution in [0.3, 0.4) is 0 Å². The number of carbonyl (C=O) groups is 1. The highest BCUT2D eigenvalue weighted by Crippen LogP contribution is 2.32. The zero-order valence-electron chi connectivity index (χ0n) is 20.5. The van der Waals surface area contributed by atoms with Crippen LogP contribution in [-0.4, -0.2) is 55.9 Å². The van der Waals surface area contributed by atoms with Gasteiger partial charge in [0.15, 0.2) is 0 Å². The van der Waals surface area contributed by atoms with Gasteiger partial charge in [-0.3, -0.25) is 15.2 Å². The van der Waals surface area contributed by atoms with Crippen molar-refractivity contribution in [2.75, 3.05) is 14.2 Å². The van der Waals surface area contributed by atoms with Crippen LogP contribution in [0.2, 0.25) is 0 Å². The number of aromatic amines is 1. The second-order valence-electron chi connectivity index (χ2n) is 7.81. The zero-order chi connectivity index (χ0) is 26.9. The Labute approximate surface area is 212 Å². The molecule has 0 bridgehead atoms. The van der Waals surface area contributed by atoms with Crippen molar-refractivity contribution in [2.45, 2.75) is 19.3 Å². The predicted molar refractivity (Wildman–Crippen MR) is 136 cm³/mol. The molecule has 0 aliphatic rings. The predicted octanol–water partition coefficient (Wildman–Crippen LogP) is 2.12. The Hall–Kier alpha value is -5.00. The summed E-state index contributed by atoms with van der Waals surface area (Å²) in [5.41, 5.74) is 7.59. The van der Waals surface area contributed by atoms with Crippen molar-refractivity contribution in [1.82, 2.24) is 24.7 Å². The lowest BCUT2D eigenvalue weighted by Gasteiger charge is -2.17. The molecule has 0 aliphatic heterocycles. The topological polar surface area (TPSA) is 182 Å². The number of benzene rings is 2. The molecular formula is C25H27N7O5. The minimum atomic E-state index is -0.833. The van der Waals surface area contributed by atoms with E-state index in [0.717, 1.165) is 22.7 Å². The summed E-state index contributed by atoms with van der Waals surface area (Å²) in [5.74, 6) is 0.691. The molecule has 0 aliphatic carbocycles. The zero-order valence-corrected chi connectivity index (χ0v) is 20.5. The van der Waals surface area contributed by atoms with Gasteiger partial charge in [0.05, 0.1) is 14.2 Å². The normalized spacial score (nSPS) is 11.1. The van der Waals surface area contributed by atoms with E-state index in [9.17, 15) is 4.79 Å². The molecule has 1 atom stereocenters. The van der Waals surface area contributed by atoms with E-state index in [-0.39, 0.29) is 17.7 Å². The van der Waals surface area contributed by atoms with Gasteiger partial charge in [-0.15, -0.1) is 9.78 Å². The SMILES string of the molecule is CC(=O)O.COc1cc(OC)cc(C(Cc2ccc(C(=N)N)cc2)c2nn(-c3ncccn3)c(=O)[nH]2)c1. The number of aromatic nitrogens is 5. The molecule has 2 aromatic carbocycles. The van der Waals surface area contributed by atoms with Crippen LogP contribution >= 0.6 is 0 Å². The lowest BCUT2D eigenvalue weighted by Crippen LogP contribution is -2.18. The van der Waals surface area contributed by atoms with E-state index in [0.29, 0.717) is 29.3 Å². The quantitative estimate of drug-likeness (QED) is 0.206. The van der Waals surface area contributed by atoms with Crippen LogP contribution in [0.1, 0.15) is 35.4 Å². The standard InChI is InChI=1S/C23H23N7O3.C2H4O2/c1-32-17-11-16(12-18(13-17)33-2)19(10-14-4-6-15(7-5-14)20(24)25)21-28-23(31)30(29-21)22-26-8-3-9-27-22;1-2(3)4/h3-9,11-13,19H,10H2,1-2H3,(H3,24,25)(H,28,29,31);1H3,(H,3,4). The highest BCUT2D eigenvalue weighted by atomic mass is 16.5. The summed E-state index contributed by atoms with van der Waals surface area (Å²) in [6, 6.07) is 14.6. The molecule has 192 valence electrons. The first kappa shape index (κ1) is 26.6. The molecule has 0 saturated heterocycles. The number of hydrogen-bond acceptors (Lipinski definition) is 8. The molecule has 0 spiro atoms. The van der Waals surface area contributed by atoms with Crippen LogP contribution in [0.15, 0.2) is 65.7 Å². The average Bonchev–Trinajstić information content (AvgIpc) is 3.28. The first-order valence-electron chi connectivity index (χ1n) is 11.0. The molecule has 37 heavy (non-hydrogen) atoms. The van der Waals surface area contributed by atoms with Crippen molar-refractivity contribution < 1.29 is 19.4 Å². The number of hydrogen-bond donors (Lipinski definition) is 4. The monoisotopic (exact) mass is 505 g/mol. The maximum Gasteiger partial charge on any atom is 0.350 e. The first-order chi connectivity index (χ1) is 17.7. The van der Waals surface area contributed by atoms with Gasteiger partial charge in [0.2, 0.25) is 0 Å². The van der Waals surface area contributed by atoms with Crippen molar-refractivity contribution in [3.05, 3.63) is 93.9 Å². The van der Waals surface area contributed by atoms with Crippen LogP contribution in [0, 0.1) is 5.41 Å². The van der Waals surface area contributed by atoms with Crippen LogP contribution in [0.25, 0.3) is 5.95 Å². The number of carboxylic acid groups (broad SMARTS) is 1. The lowest BCUT2D eigenvalue weighted by molar-refractivity contribution is -0.134. The average molecular weight is 506 g/mol. The molecular weight excluding hydrogens is 478 g/mol. The maximum atomic E-state index is 12.7. The summed E-state index contributed by atoms with van der Waals surface area (Å²) in [4.78, 5) is 32.8. The lowest BCUT2D eigenvalue weighted by atomic mass is 9.90. The molecule has 12 heteroatoms. The smallest absolute Gasteiger partial charge is 0.350 e.